The number of fused-ring (bicyclic) bond motifs is 3. The molecule has 1 aliphatic carbocycles. The molecule has 2 aromatic heterocycles. The Bertz CT molecular complexity index is 1240. The molecular weight excluding hydrogens is 479 g/mol. The lowest BCUT2D eigenvalue weighted by Crippen LogP contribution is -2.46. The first-order chi connectivity index (χ1) is 14.6. The summed E-state index contributed by atoms with van der Waals surface area (Å²) in [6.07, 6.45) is -1.49. The standard InChI is InChI=1S/C20H15BrF3N5O2/c21-12-1-2-13-14(8-12)19(4-5-19)10-28(17(13)31)9-16(30)26-18-25-15-7-11(20(22,23)24)3-6-29(15)27-18/h1-3,6-8H,4-5,9-10H2,(H,26,27,30). The molecule has 11 heteroatoms. The zero-order valence-electron chi connectivity index (χ0n) is 15.9. The highest BCUT2D eigenvalue weighted by atomic mass is 79.9. The lowest BCUT2D eigenvalue weighted by molar-refractivity contribution is -0.137. The second kappa shape index (κ2) is 6.78. The summed E-state index contributed by atoms with van der Waals surface area (Å²) in [6, 6.07) is 7.25. The number of nitrogens with one attached hydrogen (secondary N) is 1. The van der Waals surface area contributed by atoms with Crippen molar-refractivity contribution in [3.05, 3.63) is 57.7 Å². The molecule has 0 atom stereocenters. The molecule has 2 aliphatic rings. The molecule has 160 valence electrons. The van der Waals surface area contributed by atoms with Crippen LogP contribution in [0, 0.1) is 0 Å². The number of alkyl halides is 3. The van der Waals surface area contributed by atoms with Gasteiger partial charge in [-0.15, -0.1) is 5.10 Å². The van der Waals surface area contributed by atoms with Gasteiger partial charge in [0.15, 0.2) is 5.65 Å². The first-order valence-corrected chi connectivity index (χ1v) is 10.3. The average molecular weight is 494 g/mol. The van der Waals surface area contributed by atoms with Crippen molar-refractivity contribution in [3.63, 3.8) is 0 Å². The van der Waals surface area contributed by atoms with Crippen LogP contribution in [0.15, 0.2) is 41.0 Å². The van der Waals surface area contributed by atoms with Crippen molar-refractivity contribution in [2.75, 3.05) is 18.4 Å². The molecule has 1 aromatic carbocycles. The third-order valence-corrected chi connectivity index (χ3v) is 6.16. The first kappa shape index (κ1) is 20.0. The predicted molar refractivity (Wildman–Crippen MR) is 108 cm³/mol. The van der Waals surface area contributed by atoms with Gasteiger partial charge in [-0.25, -0.2) is 4.52 Å². The number of aromatic nitrogens is 3. The number of halogens is 4. The minimum Gasteiger partial charge on any atom is -0.328 e. The zero-order valence-corrected chi connectivity index (χ0v) is 17.5. The molecule has 0 unspecified atom stereocenters. The van der Waals surface area contributed by atoms with E-state index >= 15 is 0 Å². The van der Waals surface area contributed by atoms with Gasteiger partial charge in [0.05, 0.1) is 5.56 Å². The van der Waals surface area contributed by atoms with Crippen molar-refractivity contribution in [3.8, 4) is 0 Å². The van der Waals surface area contributed by atoms with Crippen molar-refractivity contribution >= 4 is 39.3 Å². The van der Waals surface area contributed by atoms with E-state index in [2.05, 4.69) is 31.3 Å². The normalized spacial score (nSPS) is 17.2. The van der Waals surface area contributed by atoms with Gasteiger partial charge >= 0.3 is 6.18 Å². The third-order valence-electron chi connectivity index (χ3n) is 5.67. The van der Waals surface area contributed by atoms with Crippen LogP contribution in [0.3, 0.4) is 0 Å². The van der Waals surface area contributed by atoms with E-state index in [9.17, 15) is 22.8 Å². The third kappa shape index (κ3) is 3.56. The molecule has 3 heterocycles. The van der Waals surface area contributed by atoms with E-state index in [0.717, 1.165) is 45.7 Å². The number of anilines is 1. The highest BCUT2D eigenvalue weighted by molar-refractivity contribution is 9.10. The quantitative estimate of drug-likeness (QED) is 0.604. The van der Waals surface area contributed by atoms with Crippen molar-refractivity contribution in [1.29, 1.82) is 0 Å². The van der Waals surface area contributed by atoms with E-state index in [4.69, 9.17) is 0 Å². The van der Waals surface area contributed by atoms with E-state index in [0.29, 0.717) is 12.1 Å². The fourth-order valence-corrected chi connectivity index (χ4v) is 4.35. The maximum atomic E-state index is 12.9. The Balaban J connectivity index is 1.33. The van der Waals surface area contributed by atoms with Crippen LogP contribution >= 0.6 is 15.9 Å². The molecule has 1 fully saturated rings. The summed E-state index contributed by atoms with van der Waals surface area (Å²) >= 11 is 3.44. The molecular formula is C20H15BrF3N5O2. The number of pyridine rings is 1. The van der Waals surface area contributed by atoms with Gasteiger partial charge in [0.2, 0.25) is 11.9 Å². The van der Waals surface area contributed by atoms with Gasteiger partial charge in [-0.1, -0.05) is 15.9 Å². The van der Waals surface area contributed by atoms with Crippen molar-refractivity contribution in [1.82, 2.24) is 19.5 Å². The van der Waals surface area contributed by atoms with Crippen LogP contribution in [0.5, 0.6) is 0 Å². The molecule has 5 rings (SSSR count). The van der Waals surface area contributed by atoms with Crippen molar-refractivity contribution in [2.24, 2.45) is 0 Å². The number of carbonyl (C=O) groups excluding carboxylic acids is 2. The summed E-state index contributed by atoms with van der Waals surface area (Å²) in [5, 5.41) is 6.45. The van der Waals surface area contributed by atoms with Gasteiger partial charge < -0.3 is 4.90 Å². The average Bonchev–Trinajstić information content (AvgIpc) is 3.35. The largest absolute Gasteiger partial charge is 0.416 e. The van der Waals surface area contributed by atoms with Crippen LogP contribution in [0.1, 0.15) is 34.3 Å². The molecule has 0 bridgehead atoms. The maximum absolute atomic E-state index is 12.9. The molecule has 3 aromatic rings. The van der Waals surface area contributed by atoms with Gasteiger partial charge in [-0.3, -0.25) is 14.9 Å². The Hall–Kier alpha value is -2.95. The highest BCUT2D eigenvalue weighted by Gasteiger charge is 2.51. The molecule has 1 spiro atoms. The maximum Gasteiger partial charge on any atom is 0.416 e. The summed E-state index contributed by atoms with van der Waals surface area (Å²) in [6.45, 7) is 0.246. The Morgan fingerprint density at radius 3 is 2.71 bits per heavy atom. The smallest absolute Gasteiger partial charge is 0.328 e. The van der Waals surface area contributed by atoms with Crippen molar-refractivity contribution < 1.29 is 22.8 Å². The lowest BCUT2D eigenvalue weighted by atomic mass is 9.86. The fourth-order valence-electron chi connectivity index (χ4n) is 3.99. The summed E-state index contributed by atoms with van der Waals surface area (Å²) in [7, 11) is 0. The number of amides is 2. The summed E-state index contributed by atoms with van der Waals surface area (Å²) < 4.78 is 40.6. The molecule has 1 N–H and O–H groups in total. The second-order valence-corrected chi connectivity index (χ2v) is 8.75. The SMILES string of the molecule is O=C(CN1CC2(CC2)c2cc(Br)ccc2C1=O)Nc1nc2cc(C(F)(F)F)ccn2n1. The van der Waals surface area contributed by atoms with Gasteiger partial charge in [0.25, 0.3) is 5.91 Å². The summed E-state index contributed by atoms with van der Waals surface area (Å²) in [5.41, 5.74) is 0.568. The molecule has 2 amide bonds. The number of nitrogens with zero attached hydrogens (tertiary/aromatic N) is 4. The zero-order chi connectivity index (χ0) is 22.0. The number of benzene rings is 1. The van der Waals surface area contributed by atoms with Crippen LogP contribution < -0.4 is 5.32 Å². The van der Waals surface area contributed by atoms with Crippen LogP contribution in [0.4, 0.5) is 19.1 Å². The predicted octanol–water partition coefficient (Wildman–Crippen LogP) is 3.64. The Morgan fingerprint density at radius 1 is 1.23 bits per heavy atom. The number of hydrogen-bond acceptors (Lipinski definition) is 4. The molecule has 7 nitrogen and oxygen atoms in total. The van der Waals surface area contributed by atoms with Crippen molar-refractivity contribution in [2.45, 2.75) is 24.4 Å². The van der Waals surface area contributed by atoms with E-state index in [-0.39, 0.29) is 29.5 Å². The van der Waals surface area contributed by atoms with Gasteiger partial charge in [-0.05, 0) is 48.7 Å². The van der Waals surface area contributed by atoms with Crippen LogP contribution in [0.25, 0.3) is 5.65 Å². The van der Waals surface area contributed by atoms with Crippen LogP contribution in [-0.2, 0) is 16.4 Å². The molecule has 0 saturated heterocycles. The first-order valence-electron chi connectivity index (χ1n) is 9.47. The molecule has 1 aliphatic heterocycles. The van der Waals surface area contributed by atoms with E-state index in [1.165, 1.54) is 4.90 Å². The molecule has 31 heavy (non-hydrogen) atoms. The van der Waals surface area contributed by atoms with Crippen LogP contribution in [-0.4, -0.2) is 44.4 Å². The lowest BCUT2D eigenvalue weighted by Gasteiger charge is -2.34. The topological polar surface area (TPSA) is 79.6 Å². The van der Waals surface area contributed by atoms with Gasteiger partial charge in [0, 0.05) is 28.2 Å². The minimum absolute atomic E-state index is 0.0457. The van der Waals surface area contributed by atoms with Gasteiger partial charge in [0.1, 0.15) is 6.54 Å². The Labute approximate surface area is 182 Å². The molecule has 1 saturated carbocycles. The molecule has 0 radical (unpaired) electrons. The van der Waals surface area contributed by atoms with Crippen LogP contribution in [0.2, 0.25) is 0 Å². The minimum atomic E-state index is -4.50. The fraction of sp³-hybridized carbons (Fsp3) is 0.300. The van der Waals surface area contributed by atoms with E-state index < -0.39 is 17.6 Å². The highest BCUT2D eigenvalue weighted by Crippen LogP contribution is 2.52. The monoisotopic (exact) mass is 493 g/mol. The second-order valence-electron chi connectivity index (χ2n) is 7.83. The number of carbonyl (C=O) groups is 2. The number of rotatable bonds is 3. The Kier molecular flexibility index (Phi) is 4.37. The summed E-state index contributed by atoms with van der Waals surface area (Å²) in [4.78, 5) is 30.9. The van der Waals surface area contributed by atoms with E-state index in [1.807, 2.05) is 6.07 Å². The van der Waals surface area contributed by atoms with Gasteiger partial charge in [-0.2, -0.15) is 18.2 Å². The Morgan fingerprint density at radius 2 is 2.00 bits per heavy atom. The summed E-state index contributed by atoms with van der Waals surface area (Å²) in [5.74, 6) is -0.871. The number of hydrogen-bond donors (Lipinski definition) is 1. The van der Waals surface area contributed by atoms with E-state index in [1.54, 1.807) is 12.1 Å².